The van der Waals surface area contributed by atoms with Crippen LogP contribution in [0.1, 0.15) is 11.1 Å². The second-order valence-corrected chi connectivity index (χ2v) is 4.96. The van der Waals surface area contributed by atoms with Crippen molar-refractivity contribution in [1.29, 1.82) is 0 Å². The number of anilines is 2. The first kappa shape index (κ1) is 13.1. The summed E-state index contributed by atoms with van der Waals surface area (Å²) in [6.45, 7) is 1.87. The summed E-state index contributed by atoms with van der Waals surface area (Å²) in [5.74, 6) is 0.561. The lowest BCUT2D eigenvalue weighted by atomic mass is 9.99. The van der Waals surface area contributed by atoms with Gasteiger partial charge in [0.15, 0.2) is 5.82 Å². The second kappa shape index (κ2) is 5.64. The van der Waals surface area contributed by atoms with Crippen molar-refractivity contribution in [3.63, 3.8) is 0 Å². The normalized spacial score (nSPS) is 13.7. The number of rotatable bonds is 3. The molecule has 1 aromatic heterocycles. The predicted octanol–water partition coefficient (Wildman–Crippen LogP) is 2.53. The maximum absolute atomic E-state index is 6.13. The molecule has 104 valence electrons. The molecule has 0 saturated carbocycles. The molecule has 1 aromatic carbocycles. The minimum absolute atomic E-state index is 0.295. The summed E-state index contributed by atoms with van der Waals surface area (Å²) in [7, 11) is 1.53. The van der Waals surface area contributed by atoms with E-state index in [4.69, 9.17) is 16.3 Å². The average molecular weight is 291 g/mol. The van der Waals surface area contributed by atoms with Gasteiger partial charge in [0.2, 0.25) is 0 Å². The summed E-state index contributed by atoms with van der Waals surface area (Å²) < 4.78 is 5.03. The Labute approximate surface area is 122 Å². The summed E-state index contributed by atoms with van der Waals surface area (Å²) in [6, 6.07) is 6.49. The molecule has 0 fully saturated rings. The number of nitrogens with zero attached hydrogens (tertiary/aromatic N) is 2. The first-order valence-corrected chi connectivity index (χ1v) is 6.81. The van der Waals surface area contributed by atoms with Crippen LogP contribution in [0.5, 0.6) is 6.01 Å². The van der Waals surface area contributed by atoms with Gasteiger partial charge < -0.3 is 15.4 Å². The second-order valence-electron chi connectivity index (χ2n) is 4.55. The third-order valence-electron chi connectivity index (χ3n) is 3.30. The lowest BCUT2D eigenvalue weighted by Crippen LogP contribution is -2.24. The van der Waals surface area contributed by atoms with Crippen molar-refractivity contribution in [3.05, 3.63) is 40.5 Å². The maximum Gasteiger partial charge on any atom is 0.318 e. The molecule has 0 saturated heterocycles. The maximum atomic E-state index is 6.13. The van der Waals surface area contributed by atoms with Crippen molar-refractivity contribution >= 4 is 23.1 Å². The zero-order valence-electron chi connectivity index (χ0n) is 11.1. The van der Waals surface area contributed by atoms with Crippen molar-refractivity contribution in [1.82, 2.24) is 15.3 Å². The zero-order chi connectivity index (χ0) is 13.9. The fourth-order valence-corrected chi connectivity index (χ4v) is 2.45. The monoisotopic (exact) mass is 290 g/mol. The molecule has 1 aliphatic rings. The Morgan fingerprint density at radius 1 is 1.40 bits per heavy atom. The molecule has 6 heteroatoms. The standard InChI is InChI=1S/C14H15ClN4O/c1-20-14-17-8-11(15)13(19-14)18-12-4-2-3-9-7-16-6-5-10(9)12/h2-4,8,16H,5-7H2,1H3,(H,17,18,19). The smallest absolute Gasteiger partial charge is 0.318 e. The molecule has 0 aliphatic carbocycles. The van der Waals surface area contributed by atoms with Crippen molar-refractivity contribution < 1.29 is 4.74 Å². The fourth-order valence-electron chi connectivity index (χ4n) is 2.31. The molecule has 0 bridgehead atoms. The van der Waals surface area contributed by atoms with E-state index in [1.54, 1.807) is 0 Å². The van der Waals surface area contributed by atoms with Crippen molar-refractivity contribution in [2.45, 2.75) is 13.0 Å². The van der Waals surface area contributed by atoms with Crippen molar-refractivity contribution in [3.8, 4) is 6.01 Å². The molecule has 2 heterocycles. The van der Waals surface area contributed by atoms with Crippen LogP contribution in [-0.4, -0.2) is 23.6 Å². The van der Waals surface area contributed by atoms with Gasteiger partial charge in [-0.2, -0.15) is 4.98 Å². The van der Waals surface area contributed by atoms with Gasteiger partial charge in [-0.3, -0.25) is 0 Å². The first-order chi connectivity index (χ1) is 9.78. The van der Waals surface area contributed by atoms with E-state index in [-0.39, 0.29) is 0 Å². The highest BCUT2D eigenvalue weighted by atomic mass is 35.5. The topological polar surface area (TPSA) is 59.1 Å². The van der Waals surface area contributed by atoms with Crippen LogP contribution in [0.15, 0.2) is 24.4 Å². The highest BCUT2D eigenvalue weighted by Gasteiger charge is 2.14. The summed E-state index contributed by atoms with van der Waals surface area (Å²) >= 11 is 6.13. The predicted molar refractivity (Wildman–Crippen MR) is 78.7 cm³/mol. The van der Waals surface area contributed by atoms with Crippen LogP contribution in [0.25, 0.3) is 0 Å². The van der Waals surface area contributed by atoms with Crippen molar-refractivity contribution in [2.24, 2.45) is 0 Å². The lowest BCUT2D eigenvalue weighted by Gasteiger charge is -2.21. The number of hydrogen-bond donors (Lipinski definition) is 2. The number of halogens is 1. The van der Waals surface area contributed by atoms with Gasteiger partial charge in [-0.1, -0.05) is 23.7 Å². The van der Waals surface area contributed by atoms with Gasteiger partial charge in [0.05, 0.1) is 13.3 Å². The van der Waals surface area contributed by atoms with Gasteiger partial charge in [0.25, 0.3) is 0 Å². The van der Waals surface area contributed by atoms with Gasteiger partial charge in [0.1, 0.15) is 5.02 Å². The van der Waals surface area contributed by atoms with Crippen molar-refractivity contribution in [2.75, 3.05) is 19.0 Å². The summed E-state index contributed by atoms with van der Waals surface area (Å²) in [6.07, 6.45) is 2.52. The zero-order valence-corrected chi connectivity index (χ0v) is 11.9. The van der Waals surface area contributed by atoms with Gasteiger partial charge in [-0.25, -0.2) is 4.98 Å². The number of nitrogens with one attached hydrogen (secondary N) is 2. The van der Waals surface area contributed by atoms with Crippen LogP contribution < -0.4 is 15.4 Å². The van der Waals surface area contributed by atoms with E-state index in [0.717, 1.165) is 25.2 Å². The van der Waals surface area contributed by atoms with Gasteiger partial charge >= 0.3 is 6.01 Å². The quantitative estimate of drug-likeness (QED) is 0.910. The Morgan fingerprint density at radius 2 is 2.30 bits per heavy atom. The number of fused-ring (bicyclic) bond motifs is 1. The number of methoxy groups -OCH3 is 1. The van der Waals surface area contributed by atoms with E-state index in [1.165, 1.54) is 24.4 Å². The third-order valence-corrected chi connectivity index (χ3v) is 3.57. The van der Waals surface area contributed by atoms with E-state index < -0.39 is 0 Å². The molecule has 2 aromatic rings. The van der Waals surface area contributed by atoms with Crippen LogP contribution in [0, 0.1) is 0 Å². The van der Waals surface area contributed by atoms with Gasteiger partial charge in [0, 0.05) is 12.2 Å². The lowest BCUT2D eigenvalue weighted by molar-refractivity contribution is 0.380. The van der Waals surface area contributed by atoms with Gasteiger partial charge in [-0.05, 0) is 30.2 Å². The van der Waals surface area contributed by atoms with Gasteiger partial charge in [-0.15, -0.1) is 0 Å². The highest BCUT2D eigenvalue weighted by Crippen LogP contribution is 2.29. The summed E-state index contributed by atoms with van der Waals surface area (Å²) in [5, 5.41) is 7.12. The molecule has 0 unspecified atom stereocenters. The molecule has 0 atom stereocenters. The fraction of sp³-hybridized carbons (Fsp3) is 0.286. The van der Waals surface area contributed by atoms with E-state index >= 15 is 0 Å². The molecule has 20 heavy (non-hydrogen) atoms. The first-order valence-electron chi connectivity index (χ1n) is 6.43. The number of ether oxygens (including phenoxy) is 1. The van der Waals surface area contributed by atoms with E-state index in [9.17, 15) is 0 Å². The van der Waals surface area contributed by atoms with E-state index in [0.29, 0.717) is 16.9 Å². The SMILES string of the molecule is COc1ncc(Cl)c(Nc2cccc3c2CCNC3)n1. The molecule has 3 rings (SSSR count). The number of hydrogen-bond acceptors (Lipinski definition) is 5. The Kier molecular flexibility index (Phi) is 3.71. The molecule has 0 spiro atoms. The molecule has 0 radical (unpaired) electrons. The van der Waals surface area contributed by atoms with Crippen LogP contribution >= 0.6 is 11.6 Å². The van der Waals surface area contributed by atoms with Crippen LogP contribution in [0.3, 0.4) is 0 Å². The molecule has 5 nitrogen and oxygen atoms in total. The van der Waals surface area contributed by atoms with Crippen LogP contribution in [-0.2, 0) is 13.0 Å². The minimum Gasteiger partial charge on any atom is -0.467 e. The Balaban J connectivity index is 1.95. The molecular weight excluding hydrogens is 276 g/mol. The number of aromatic nitrogens is 2. The Morgan fingerprint density at radius 3 is 3.15 bits per heavy atom. The van der Waals surface area contributed by atoms with E-state index in [1.807, 2.05) is 12.1 Å². The van der Waals surface area contributed by atoms with Crippen LogP contribution in [0.2, 0.25) is 5.02 Å². The Hall–Kier alpha value is -1.85. The number of benzene rings is 1. The Bertz CT molecular complexity index is 633. The largest absolute Gasteiger partial charge is 0.467 e. The summed E-state index contributed by atoms with van der Waals surface area (Å²) in [5.41, 5.74) is 3.64. The molecule has 2 N–H and O–H groups in total. The minimum atomic E-state index is 0.295. The molecule has 0 amide bonds. The molecular formula is C14H15ClN4O. The van der Waals surface area contributed by atoms with Crippen LogP contribution in [0.4, 0.5) is 11.5 Å². The average Bonchev–Trinajstić information content (AvgIpc) is 2.50. The third kappa shape index (κ3) is 2.55. The summed E-state index contributed by atoms with van der Waals surface area (Å²) in [4.78, 5) is 8.21. The molecule has 1 aliphatic heterocycles. The van der Waals surface area contributed by atoms with E-state index in [2.05, 4.69) is 26.7 Å². The highest BCUT2D eigenvalue weighted by molar-refractivity contribution is 6.32.